The summed E-state index contributed by atoms with van der Waals surface area (Å²) in [5, 5.41) is 3.59. The van der Waals surface area contributed by atoms with Crippen molar-refractivity contribution < 1.29 is 11.0 Å². The van der Waals surface area contributed by atoms with Crippen LogP contribution in [0.5, 0.6) is 0 Å². The summed E-state index contributed by atoms with van der Waals surface area (Å²) in [6.45, 7) is 12.4. The van der Waals surface area contributed by atoms with Crippen LogP contribution >= 0.6 is 11.8 Å². The second kappa shape index (κ2) is 8.71. The van der Waals surface area contributed by atoms with E-state index < -0.39 is 0 Å². The standard InChI is InChI=1S/C11H16N2S.C9H14N2O2.H2/c1-9(2)13-6-7-14-11-10(8-13)4-3-5-12-11;1-5(2)11-3-6-7(4-11)9(13)10-8(6)12;/h3-5,9H,6-8H2,1-2H3;5-7H,3-4H2,1-2H3,(H,10,12,13);1H. The molecule has 2 amide bonds. The molecule has 0 aliphatic carbocycles. The van der Waals surface area contributed by atoms with Gasteiger partial charge >= 0.3 is 0 Å². The van der Waals surface area contributed by atoms with Gasteiger partial charge in [0.15, 0.2) is 0 Å². The van der Waals surface area contributed by atoms with Crippen LogP contribution in [0.15, 0.2) is 23.4 Å². The molecule has 1 aromatic rings. The Morgan fingerprint density at radius 1 is 1.11 bits per heavy atom. The number of hydrogen-bond acceptors (Lipinski definition) is 6. The van der Waals surface area contributed by atoms with Crippen LogP contribution in [-0.2, 0) is 16.1 Å². The zero-order valence-electron chi connectivity index (χ0n) is 16.6. The summed E-state index contributed by atoms with van der Waals surface area (Å²) in [5.74, 6) is 0.809. The molecule has 2 saturated heterocycles. The SMILES string of the molecule is CC(C)N1CC2C(=O)NC(=O)C2C1.CC(C)N1CCSc2ncccc2C1.[HH]. The molecule has 2 unspecified atom stereocenters. The normalized spacial score (nSPS) is 25.7. The Kier molecular flexibility index (Phi) is 6.55. The summed E-state index contributed by atoms with van der Waals surface area (Å²) in [5.41, 5.74) is 1.38. The van der Waals surface area contributed by atoms with Crippen molar-refractivity contribution in [3.8, 4) is 0 Å². The van der Waals surface area contributed by atoms with E-state index in [1.54, 1.807) is 0 Å². The maximum atomic E-state index is 11.3. The van der Waals surface area contributed by atoms with Crippen molar-refractivity contribution in [2.75, 3.05) is 25.4 Å². The Balaban J connectivity index is 0.000000194. The van der Waals surface area contributed by atoms with Gasteiger partial charge in [0.1, 0.15) is 5.03 Å². The number of hydrogen-bond donors (Lipinski definition) is 1. The highest BCUT2D eigenvalue weighted by Gasteiger charge is 2.47. The van der Waals surface area contributed by atoms with E-state index in [9.17, 15) is 9.59 Å². The minimum absolute atomic E-state index is 0. The maximum absolute atomic E-state index is 11.3. The molecule has 0 radical (unpaired) electrons. The van der Waals surface area contributed by atoms with Crippen LogP contribution in [0.2, 0.25) is 0 Å². The lowest BCUT2D eigenvalue weighted by atomic mass is 10.00. The van der Waals surface area contributed by atoms with Crippen molar-refractivity contribution >= 4 is 23.6 Å². The first-order chi connectivity index (χ1) is 12.9. The van der Waals surface area contributed by atoms with Gasteiger partial charge in [0.2, 0.25) is 11.8 Å². The number of likely N-dealkylation sites (tertiary alicyclic amines) is 1. The number of aromatic nitrogens is 1. The molecule has 150 valence electrons. The zero-order valence-corrected chi connectivity index (χ0v) is 17.5. The van der Waals surface area contributed by atoms with Crippen LogP contribution in [0.1, 0.15) is 34.7 Å². The summed E-state index contributed by atoms with van der Waals surface area (Å²) in [4.78, 5) is 31.6. The molecular formula is C20H32N4O2S. The van der Waals surface area contributed by atoms with Crippen LogP contribution < -0.4 is 5.32 Å². The number of carbonyl (C=O) groups is 2. The van der Waals surface area contributed by atoms with Crippen molar-refractivity contribution in [3.63, 3.8) is 0 Å². The van der Waals surface area contributed by atoms with Gasteiger partial charge < -0.3 is 0 Å². The van der Waals surface area contributed by atoms with Crippen LogP contribution in [0.3, 0.4) is 0 Å². The van der Waals surface area contributed by atoms with Gasteiger partial charge in [-0.2, -0.15) is 0 Å². The lowest BCUT2D eigenvalue weighted by Crippen LogP contribution is -2.34. The number of nitrogens with zero attached hydrogens (tertiary/aromatic N) is 3. The van der Waals surface area contributed by atoms with Crippen molar-refractivity contribution in [2.24, 2.45) is 11.8 Å². The molecule has 4 heterocycles. The van der Waals surface area contributed by atoms with Gasteiger partial charge in [-0.15, -0.1) is 11.8 Å². The molecule has 7 heteroatoms. The minimum atomic E-state index is -0.0881. The van der Waals surface area contributed by atoms with E-state index in [1.165, 1.54) is 17.1 Å². The second-order valence-corrected chi connectivity index (χ2v) is 9.08. The number of nitrogens with one attached hydrogen (secondary N) is 1. The van der Waals surface area contributed by atoms with Crippen LogP contribution in [0.25, 0.3) is 0 Å². The summed E-state index contributed by atoms with van der Waals surface area (Å²) in [7, 11) is 0. The van der Waals surface area contributed by atoms with Crippen molar-refractivity contribution in [1.82, 2.24) is 20.1 Å². The molecule has 6 nitrogen and oxygen atoms in total. The number of fused-ring (bicyclic) bond motifs is 2. The first-order valence-corrected chi connectivity index (χ1v) is 10.7. The molecule has 0 aromatic carbocycles. The van der Waals surface area contributed by atoms with E-state index in [4.69, 9.17) is 0 Å². The molecule has 1 N–H and O–H groups in total. The molecule has 0 bridgehead atoms. The van der Waals surface area contributed by atoms with Gasteiger partial charge in [-0.3, -0.25) is 24.7 Å². The fraction of sp³-hybridized carbons (Fsp3) is 0.650. The largest absolute Gasteiger partial charge is 0.299 e. The smallest absolute Gasteiger partial charge is 0.231 e. The quantitative estimate of drug-likeness (QED) is 0.779. The van der Waals surface area contributed by atoms with Crippen molar-refractivity contribution in [2.45, 2.75) is 51.3 Å². The molecule has 4 rings (SSSR count). The van der Waals surface area contributed by atoms with E-state index >= 15 is 0 Å². The van der Waals surface area contributed by atoms with Gasteiger partial charge in [-0.1, -0.05) is 6.07 Å². The lowest BCUT2D eigenvalue weighted by Gasteiger charge is -2.24. The fourth-order valence-electron chi connectivity index (χ4n) is 3.77. The van der Waals surface area contributed by atoms with Gasteiger partial charge in [0, 0.05) is 51.6 Å². The Hall–Kier alpha value is -1.44. The highest BCUT2D eigenvalue weighted by atomic mass is 32.2. The highest BCUT2D eigenvalue weighted by molar-refractivity contribution is 7.99. The fourth-order valence-corrected chi connectivity index (χ4v) is 4.74. The number of pyridine rings is 1. The Labute approximate surface area is 167 Å². The third-order valence-corrected chi connectivity index (χ3v) is 6.60. The molecule has 0 spiro atoms. The van der Waals surface area contributed by atoms with Gasteiger partial charge in [0.25, 0.3) is 0 Å². The average Bonchev–Trinajstić information content (AvgIpc) is 3.09. The molecule has 1 aromatic heterocycles. The molecule has 3 aliphatic rings. The first kappa shape index (κ1) is 20.3. The second-order valence-electron chi connectivity index (χ2n) is 7.99. The van der Waals surface area contributed by atoms with Crippen LogP contribution in [0, 0.1) is 11.8 Å². The van der Waals surface area contributed by atoms with E-state index in [0.29, 0.717) is 12.1 Å². The molecule has 27 heavy (non-hydrogen) atoms. The lowest BCUT2D eigenvalue weighted by molar-refractivity contribution is -0.126. The van der Waals surface area contributed by atoms with E-state index in [-0.39, 0.29) is 25.1 Å². The number of amides is 2. The molecular weight excluding hydrogens is 360 g/mol. The third-order valence-electron chi connectivity index (χ3n) is 5.57. The van der Waals surface area contributed by atoms with Gasteiger partial charge in [-0.05, 0) is 39.3 Å². The monoisotopic (exact) mass is 392 g/mol. The minimum Gasteiger partial charge on any atom is -0.299 e. The summed E-state index contributed by atoms with van der Waals surface area (Å²) in [6, 6.07) is 5.27. The van der Waals surface area contributed by atoms with Gasteiger partial charge in [0.05, 0.1) is 11.8 Å². The van der Waals surface area contributed by atoms with Gasteiger partial charge in [-0.25, -0.2) is 4.98 Å². The highest BCUT2D eigenvalue weighted by Crippen LogP contribution is 2.29. The number of rotatable bonds is 2. The molecule has 2 atom stereocenters. The molecule has 2 fully saturated rings. The van der Waals surface area contributed by atoms with E-state index in [2.05, 4.69) is 53.9 Å². The van der Waals surface area contributed by atoms with Crippen LogP contribution in [0.4, 0.5) is 0 Å². The van der Waals surface area contributed by atoms with E-state index in [1.807, 2.05) is 24.0 Å². The summed E-state index contributed by atoms with van der Waals surface area (Å²) < 4.78 is 0. The topological polar surface area (TPSA) is 65.5 Å². The Morgan fingerprint density at radius 3 is 2.33 bits per heavy atom. The summed E-state index contributed by atoms with van der Waals surface area (Å²) >= 11 is 1.88. The van der Waals surface area contributed by atoms with Crippen LogP contribution in [-0.4, -0.2) is 64.1 Å². The predicted molar refractivity (Wildman–Crippen MR) is 109 cm³/mol. The van der Waals surface area contributed by atoms with Crippen molar-refractivity contribution in [1.29, 1.82) is 0 Å². The van der Waals surface area contributed by atoms with Crippen molar-refractivity contribution in [3.05, 3.63) is 23.9 Å². The average molecular weight is 393 g/mol. The number of thioether (sulfide) groups is 1. The Morgan fingerprint density at radius 2 is 1.74 bits per heavy atom. The number of imide groups is 1. The zero-order chi connectivity index (χ0) is 19.6. The summed E-state index contributed by atoms with van der Waals surface area (Å²) in [6.07, 6.45) is 1.89. The predicted octanol–water partition coefficient (Wildman–Crippen LogP) is 2.24. The Bertz CT molecular complexity index is 679. The third kappa shape index (κ3) is 4.70. The number of carbonyl (C=O) groups excluding carboxylic acids is 2. The molecule has 3 aliphatic heterocycles. The molecule has 0 saturated carbocycles. The maximum Gasteiger partial charge on any atom is 0.231 e. The first-order valence-electron chi connectivity index (χ1n) is 9.76. The van der Waals surface area contributed by atoms with E-state index in [0.717, 1.165) is 25.4 Å².